The Morgan fingerprint density at radius 1 is 1.24 bits per heavy atom. The van der Waals surface area contributed by atoms with Crippen LogP contribution in [0.1, 0.15) is 30.7 Å². The molecule has 3 heteroatoms. The maximum absolute atomic E-state index is 12.1. The van der Waals surface area contributed by atoms with Gasteiger partial charge < -0.3 is 10.6 Å². The van der Waals surface area contributed by atoms with Crippen LogP contribution in [0.3, 0.4) is 0 Å². The van der Waals surface area contributed by atoms with Crippen molar-refractivity contribution in [2.24, 2.45) is 5.73 Å². The van der Waals surface area contributed by atoms with Gasteiger partial charge in [-0.1, -0.05) is 30.3 Å². The molecule has 1 aliphatic rings. The zero-order chi connectivity index (χ0) is 12.1. The standard InChI is InChI=1S/C14H20N2O/c15-11-13(12-6-2-1-3-7-12)10-14(17)16-8-4-5-9-16/h1-3,6-7,13H,4-5,8-11,15H2. The molecule has 0 radical (unpaired) electrons. The second-order valence-electron chi connectivity index (χ2n) is 4.64. The van der Waals surface area contributed by atoms with E-state index in [1.165, 1.54) is 5.56 Å². The summed E-state index contributed by atoms with van der Waals surface area (Å²) >= 11 is 0. The van der Waals surface area contributed by atoms with Crippen LogP contribution >= 0.6 is 0 Å². The van der Waals surface area contributed by atoms with Crippen molar-refractivity contribution in [2.45, 2.75) is 25.2 Å². The zero-order valence-electron chi connectivity index (χ0n) is 10.1. The molecule has 2 N–H and O–H groups in total. The third-order valence-corrected chi connectivity index (χ3v) is 3.44. The summed E-state index contributed by atoms with van der Waals surface area (Å²) in [7, 11) is 0. The fraction of sp³-hybridized carbons (Fsp3) is 0.500. The van der Waals surface area contributed by atoms with Crippen molar-refractivity contribution >= 4 is 5.91 Å². The number of hydrogen-bond donors (Lipinski definition) is 1. The summed E-state index contributed by atoms with van der Waals surface area (Å²) in [6.45, 7) is 2.37. The first kappa shape index (κ1) is 12.1. The number of hydrogen-bond acceptors (Lipinski definition) is 2. The number of benzene rings is 1. The van der Waals surface area contributed by atoms with Gasteiger partial charge in [0.15, 0.2) is 0 Å². The molecule has 3 nitrogen and oxygen atoms in total. The highest BCUT2D eigenvalue weighted by atomic mass is 16.2. The van der Waals surface area contributed by atoms with Gasteiger partial charge in [-0.15, -0.1) is 0 Å². The summed E-state index contributed by atoms with van der Waals surface area (Å²) in [5.74, 6) is 0.408. The molecule has 1 saturated heterocycles. The van der Waals surface area contributed by atoms with Crippen LogP contribution in [0.25, 0.3) is 0 Å². The smallest absolute Gasteiger partial charge is 0.223 e. The van der Waals surface area contributed by atoms with E-state index in [0.29, 0.717) is 13.0 Å². The summed E-state index contributed by atoms with van der Waals surface area (Å²) in [5, 5.41) is 0. The first-order valence-electron chi connectivity index (χ1n) is 6.34. The molecule has 0 aromatic heterocycles. The highest BCUT2D eigenvalue weighted by Gasteiger charge is 2.21. The van der Waals surface area contributed by atoms with Crippen LogP contribution < -0.4 is 5.73 Å². The second-order valence-corrected chi connectivity index (χ2v) is 4.64. The minimum Gasteiger partial charge on any atom is -0.343 e. The minimum atomic E-state index is 0.157. The van der Waals surface area contributed by atoms with E-state index in [4.69, 9.17) is 5.73 Å². The van der Waals surface area contributed by atoms with Crippen molar-refractivity contribution in [1.82, 2.24) is 4.90 Å². The number of rotatable bonds is 4. The SMILES string of the molecule is NCC(CC(=O)N1CCCC1)c1ccccc1. The fourth-order valence-electron chi connectivity index (χ4n) is 2.37. The molecule has 1 amide bonds. The van der Waals surface area contributed by atoms with Crippen molar-refractivity contribution in [3.05, 3.63) is 35.9 Å². The summed E-state index contributed by atoms with van der Waals surface area (Å²) in [5.41, 5.74) is 6.95. The van der Waals surface area contributed by atoms with Gasteiger partial charge in [0.05, 0.1) is 0 Å². The quantitative estimate of drug-likeness (QED) is 0.859. The average molecular weight is 232 g/mol. The molecule has 0 bridgehead atoms. The topological polar surface area (TPSA) is 46.3 Å². The Kier molecular flexibility index (Phi) is 4.15. The number of nitrogens with two attached hydrogens (primary N) is 1. The Bertz CT molecular complexity index is 358. The Morgan fingerprint density at radius 2 is 1.88 bits per heavy atom. The van der Waals surface area contributed by atoms with E-state index < -0.39 is 0 Å². The van der Waals surface area contributed by atoms with E-state index in [0.717, 1.165) is 25.9 Å². The first-order chi connectivity index (χ1) is 8.31. The lowest BCUT2D eigenvalue weighted by molar-refractivity contribution is -0.130. The highest BCUT2D eigenvalue weighted by molar-refractivity contribution is 5.77. The monoisotopic (exact) mass is 232 g/mol. The Balaban J connectivity index is 1.97. The maximum atomic E-state index is 12.1. The molecule has 0 aliphatic carbocycles. The lowest BCUT2D eigenvalue weighted by Gasteiger charge is -2.20. The van der Waals surface area contributed by atoms with E-state index in [-0.39, 0.29) is 11.8 Å². The van der Waals surface area contributed by atoms with Gasteiger partial charge in [-0.25, -0.2) is 0 Å². The van der Waals surface area contributed by atoms with Crippen LogP contribution in [-0.2, 0) is 4.79 Å². The molecule has 2 rings (SSSR count). The van der Waals surface area contributed by atoms with Crippen molar-refractivity contribution in [1.29, 1.82) is 0 Å². The normalized spacial score (nSPS) is 17.1. The number of carbonyl (C=O) groups is 1. The van der Waals surface area contributed by atoms with Crippen molar-refractivity contribution in [3.63, 3.8) is 0 Å². The third kappa shape index (κ3) is 3.07. The fourth-order valence-corrected chi connectivity index (χ4v) is 2.37. The van der Waals surface area contributed by atoms with Crippen LogP contribution in [0, 0.1) is 0 Å². The van der Waals surface area contributed by atoms with Gasteiger partial charge in [0.25, 0.3) is 0 Å². The number of amides is 1. The molecule has 0 saturated carbocycles. The van der Waals surface area contributed by atoms with E-state index >= 15 is 0 Å². The predicted molar refractivity (Wildman–Crippen MR) is 68.7 cm³/mol. The molecule has 1 aromatic carbocycles. The molecule has 1 heterocycles. The van der Waals surface area contributed by atoms with Gasteiger partial charge in [-0.05, 0) is 24.9 Å². The molecule has 1 aliphatic heterocycles. The highest BCUT2D eigenvalue weighted by Crippen LogP contribution is 2.20. The molecule has 1 atom stereocenters. The van der Waals surface area contributed by atoms with Crippen LogP contribution in [-0.4, -0.2) is 30.4 Å². The van der Waals surface area contributed by atoms with Crippen LogP contribution in [0.15, 0.2) is 30.3 Å². The molecular formula is C14H20N2O. The molecule has 1 unspecified atom stereocenters. The minimum absolute atomic E-state index is 0.157. The molecule has 17 heavy (non-hydrogen) atoms. The summed E-state index contributed by atoms with van der Waals surface area (Å²) in [6, 6.07) is 10.1. The van der Waals surface area contributed by atoms with Crippen LogP contribution in [0.5, 0.6) is 0 Å². The Hall–Kier alpha value is -1.35. The third-order valence-electron chi connectivity index (χ3n) is 3.44. The van der Waals surface area contributed by atoms with E-state index in [2.05, 4.69) is 12.1 Å². The van der Waals surface area contributed by atoms with Crippen molar-refractivity contribution in [3.8, 4) is 0 Å². The lowest BCUT2D eigenvalue weighted by atomic mass is 9.95. The lowest BCUT2D eigenvalue weighted by Crippen LogP contribution is -2.30. The molecule has 1 fully saturated rings. The summed E-state index contributed by atoms with van der Waals surface area (Å²) < 4.78 is 0. The van der Waals surface area contributed by atoms with Crippen molar-refractivity contribution in [2.75, 3.05) is 19.6 Å². The van der Waals surface area contributed by atoms with Crippen LogP contribution in [0.2, 0.25) is 0 Å². The zero-order valence-corrected chi connectivity index (χ0v) is 10.1. The van der Waals surface area contributed by atoms with E-state index in [1.54, 1.807) is 0 Å². The molecule has 1 aromatic rings. The Morgan fingerprint density at radius 3 is 2.47 bits per heavy atom. The van der Waals surface area contributed by atoms with Gasteiger partial charge in [0.2, 0.25) is 5.91 Å². The number of likely N-dealkylation sites (tertiary alicyclic amines) is 1. The largest absolute Gasteiger partial charge is 0.343 e. The van der Waals surface area contributed by atoms with Gasteiger partial charge in [0, 0.05) is 25.4 Å². The molecule has 0 spiro atoms. The van der Waals surface area contributed by atoms with Gasteiger partial charge >= 0.3 is 0 Å². The van der Waals surface area contributed by atoms with E-state index in [9.17, 15) is 4.79 Å². The Labute approximate surface area is 103 Å². The first-order valence-corrected chi connectivity index (χ1v) is 6.34. The maximum Gasteiger partial charge on any atom is 0.223 e. The summed E-state index contributed by atoms with van der Waals surface area (Å²) in [6.07, 6.45) is 2.83. The number of nitrogens with zero attached hydrogens (tertiary/aromatic N) is 1. The predicted octanol–water partition coefficient (Wildman–Crippen LogP) is 1.74. The van der Waals surface area contributed by atoms with Gasteiger partial charge in [-0.2, -0.15) is 0 Å². The number of carbonyl (C=O) groups excluding carboxylic acids is 1. The average Bonchev–Trinajstić information content (AvgIpc) is 2.90. The van der Waals surface area contributed by atoms with Crippen LogP contribution in [0.4, 0.5) is 0 Å². The molecular weight excluding hydrogens is 212 g/mol. The van der Waals surface area contributed by atoms with Crippen molar-refractivity contribution < 1.29 is 4.79 Å². The second kappa shape index (κ2) is 5.82. The van der Waals surface area contributed by atoms with Gasteiger partial charge in [0.1, 0.15) is 0 Å². The van der Waals surface area contributed by atoms with E-state index in [1.807, 2.05) is 23.1 Å². The van der Waals surface area contributed by atoms with Gasteiger partial charge in [-0.3, -0.25) is 4.79 Å². The molecule has 92 valence electrons. The summed E-state index contributed by atoms with van der Waals surface area (Å²) in [4.78, 5) is 14.0.